The minimum Gasteiger partial charge on any atom is -0.310 e. The van der Waals surface area contributed by atoms with Crippen LogP contribution in [-0.4, -0.2) is 0 Å². The molecule has 1 heteroatoms. The van der Waals surface area contributed by atoms with Crippen LogP contribution < -0.4 is 4.90 Å². The Bertz CT molecular complexity index is 3450. The van der Waals surface area contributed by atoms with E-state index in [1.807, 2.05) is 0 Å². The molecule has 0 atom stereocenters. The maximum Gasteiger partial charge on any atom is 0.0714 e. The molecule has 0 amide bonds. The summed E-state index contributed by atoms with van der Waals surface area (Å²) in [6, 6.07) is 77.2. The molecule has 9 aromatic rings. The predicted molar refractivity (Wildman–Crippen MR) is 294 cm³/mol. The molecule has 0 saturated heterocycles. The van der Waals surface area contributed by atoms with E-state index in [2.05, 4.69) is 260 Å². The van der Waals surface area contributed by atoms with Gasteiger partial charge in [0.25, 0.3) is 0 Å². The van der Waals surface area contributed by atoms with Crippen LogP contribution in [0, 0.1) is 0 Å². The van der Waals surface area contributed by atoms with Crippen molar-refractivity contribution in [1.82, 2.24) is 0 Å². The average molecular weight is 904 g/mol. The fourth-order valence-electron chi connectivity index (χ4n) is 13.7. The van der Waals surface area contributed by atoms with E-state index in [-0.39, 0.29) is 21.7 Å². The molecule has 0 spiro atoms. The molecule has 0 radical (unpaired) electrons. The van der Waals surface area contributed by atoms with Gasteiger partial charge in [-0.05, 0) is 155 Å². The van der Waals surface area contributed by atoms with Gasteiger partial charge in [0.05, 0.1) is 11.1 Å². The lowest BCUT2D eigenvalue weighted by molar-refractivity contribution is 0.332. The van der Waals surface area contributed by atoms with E-state index in [1.54, 1.807) is 0 Å². The Kier molecular flexibility index (Phi) is 9.12. The second-order valence-electron chi connectivity index (χ2n) is 23.1. The Hall–Kier alpha value is -7.22. The monoisotopic (exact) mass is 903 g/mol. The van der Waals surface area contributed by atoms with Crippen molar-refractivity contribution >= 4 is 17.1 Å². The van der Waals surface area contributed by atoms with E-state index in [1.165, 1.54) is 112 Å². The van der Waals surface area contributed by atoms with Crippen LogP contribution in [0.5, 0.6) is 0 Å². The summed E-state index contributed by atoms with van der Waals surface area (Å²) in [5, 5.41) is 0. The number of fused-ring (bicyclic) bond motifs is 10. The molecule has 0 bridgehead atoms. The van der Waals surface area contributed by atoms with Gasteiger partial charge in [0.15, 0.2) is 0 Å². The van der Waals surface area contributed by atoms with E-state index < -0.39 is 5.41 Å². The van der Waals surface area contributed by atoms with Crippen molar-refractivity contribution in [1.29, 1.82) is 0 Å². The third kappa shape index (κ3) is 5.91. The lowest BCUT2D eigenvalue weighted by Gasteiger charge is -2.42. The summed E-state index contributed by atoms with van der Waals surface area (Å²) in [5.41, 5.74) is 26.7. The highest BCUT2D eigenvalue weighted by atomic mass is 15.1. The molecule has 0 unspecified atom stereocenters. The summed E-state index contributed by atoms with van der Waals surface area (Å²) in [6.07, 6.45) is 2.34. The second kappa shape index (κ2) is 14.9. The van der Waals surface area contributed by atoms with Gasteiger partial charge in [-0.1, -0.05) is 219 Å². The summed E-state index contributed by atoms with van der Waals surface area (Å²) in [7, 11) is 0. The fraction of sp³-hybridized carbons (Fsp3) is 0.217. The second-order valence-corrected chi connectivity index (χ2v) is 23.1. The number of benzene rings is 9. The van der Waals surface area contributed by atoms with Crippen LogP contribution >= 0.6 is 0 Å². The molecule has 13 rings (SSSR count). The summed E-state index contributed by atoms with van der Waals surface area (Å²) < 4.78 is 0. The topological polar surface area (TPSA) is 3.24 Å². The summed E-state index contributed by atoms with van der Waals surface area (Å²) in [6.45, 7) is 19.4. The first-order valence-corrected chi connectivity index (χ1v) is 25.6. The first-order valence-electron chi connectivity index (χ1n) is 25.6. The van der Waals surface area contributed by atoms with E-state index >= 15 is 0 Å². The van der Waals surface area contributed by atoms with Crippen LogP contribution in [0.4, 0.5) is 17.1 Å². The van der Waals surface area contributed by atoms with Gasteiger partial charge < -0.3 is 4.90 Å². The molecule has 0 fully saturated rings. The molecule has 4 aliphatic rings. The number of anilines is 3. The zero-order valence-corrected chi connectivity index (χ0v) is 41.9. The van der Waals surface area contributed by atoms with E-state index in [0.717, 1.165) is 17.8 Å². The van der Waals surface area contributed by atoms with Crippen molar-refractivity contribution in [2.45, 2.75) is 95.3 Å². The van der Waals surface area contributed by atoms with E-state index in [0.29, 0.717) is 0 Å². The number of rotatable bonds is 6. The third-order valence-corrected chi connectivity index (χ3v) is 17.6. The largest absolute Gasteiger partial charge is 0.310 e. The SMILES string of the molecule is CC1(C)CCC(C)(C)c2cc(-c3cc4c(cc3N(c3ccc5c(c3)C(C)(C)c3ccccc3-5)c3ccc5c(c3)C(C)(C)c3ccccc3-5)C(c3ccccc3)(c3ccccc3)c3ccccc3-4)ccc21. The first-order chi connectivity index (χ1) is 33.7. The van der Waals surface area contributed by atoms with Crippen LogP contribution in [0.3, 0.4) is 0 Å². The van der Waals surface area contributed by atoms with Crippen LogP contribution in [0.25, 0.3) is 44.5 Å². The van der Waals surface area contributed by atoms with Gasteiger partial charge in [-0.2, -0.15) is 0 Å². The fourth-order valence-corrected chi connectivity index (χ4v) is 13.7. The molecule has 0 aromatic heterocycles. The molecular weight excluding hydrogens is 843 g/mol. The minimum absolute atomic E-state index is 0.0426. The molecule has 0 saturated carbocycles. The lowest BCUT2D eigenvalue weighted by Crippen LogP contribution is -2.33. The van der Waals surface area contributed by atoms with Gasteiger partial charge >= 0.3 is 0 Å². The number of hydrogen-bond acceptors (Lipinski definition) is 1. The van der Waals surface area contributed by atoms with Crippen molar-refractivity contribution < 1.29 is 0 Å². The van der Waals surface area contributed by atoms with Gasteiger partial charge in [0.1, 0.15) is 0 Å². The van der Waals surface area contributed by atoms with Crippen LogP contribution in [0.2, 0.25) is 0 Å². The Balaban J connectivity index is 1.16. The van der Waals surface area contributed by atoms with Crippen LogP contribution in [0.1, 0.15) is 124 Å². The van der Waals surface area contributed by atoms with Gasteiger partial charge in [-0.15, -0.1) is 0 Å². The number of hydrogen-bond donors (Lipinski definition) is 0. The maximum atomic E-state index is 2.63. The van der Waals surface area contributed by atoms with Crippen molar-refractivity contribution in [3.05, 3.63) is 256 Å². The van der Waals surface area contributed by atoms with Crippen LogP contribution in [0.15, 0.2) is 200 Å². The average Bonchev–Trinajstić information content (AvgIpc) is 3.90. The molecule has 1 nitrogen and oxygen atoms in total. The van der Waals surface area contributed by atoms with Crippen molar-refractivity contribution in [2.24, 2.45) is 0 Å². The molecule has 0 N–H and O–H groups in total. The molecule has 70 heavy (non-hydrogen) atoms. The third-order valence-electron chi connectivity index (χ3n) is 17.6. The summed E-state index contributed by atoms with van der Waals surface area (Å²) in [4.78, 5) is 2.63. The molecule has 0 heterocycles. The quantitative estimate of drug-likeness (QED) is 0.161. The highest BCUT2D eigenvalue weighted by molar-refractivity contribution is 5.98. The van der Waals surface area contributed by atoms with Crippen molar-refractivity contribution in [3.8, 4) is 44.5 Å². The smallest absolute Gasteiger partial charge is 0.0714 e. The van der Waals surface area contributed by atoms with Gasteiger partial charge in [-0.25, -0.2) is 0 Å². The highest BCUT2D eigenvalue weighted by Crippen LogP contribution is 2.61. The van der Waals surface area contributed by atoms with Crippen molar-refractivity contribution in [2.75, 3.05) is 4.90 Å². The highest BCUT2D eigenvalue weighted by Gasteiger charge is 2.48. The maximum absolute atomic E-state index is 2.63. The van der Waals surface area contributed by atoms with Crippen molar-refractivity contribution in [3.63, 3.8) is 0 Å². The predicted octanol–water partition coefficient (Wildman–Crippen LogP) is 18.1. The Morgan fingerprint density at radius 1 is 0.300 bits per heavy atom. The van der Waals surface area contributed by atoms with E-state index in [9.17, 15) is 0 Å². The van der Waals surface area contributed by atoms with Crippen LogP contribution in [-0.2, 0) is 27.1 Å². The standard InChI is InChI=1S/C69H61N/c1-65(2)37-38-66(3,4)63-39-44(31-36-59(63)65)54-42-55-51-27-17-20-30-58(51)69(45-21-11-9-12-22-45,46-23-13-10-14-24-46)62(55)43-64(54)70(47-32-34-52-49-25-15-18-28-56(49)67(5,6)60(52)40-47)48-33-35-53-50-26-16-19-29-57(50)68(7,8)61(53)41-48/h9-36,39-43H,37-38H2,1-8H3. The van der Waals surface area contributed by atoms with Gasteiger partial charge in [-0.3, -0.25) is 0 Å². The van der Waals surface area contributed by atoms with Gasteiger partial charge in [0.2, 0.25) is 0 Å². The Morgan fingerprint density at radius 2 is 0.743 bits per heavy atom. The Morgan fingerprint density at radius 3 is 1.27 bits per heavy atom. The minimum atomic E-state index is -0.571. The zero-order valence-electron chi connectivity index (χ0n) is 41.9. The molecule has 9 aromatic carbocycles. The molecule has 342 valence electrons. The summed E-state index contributed by atoms with van der Waals surface area (Å²) in [5.74, 6) is 0. The van der Waals surface area contributed by atoms with Gasteiger partial charge in [0, 0.05) is 27.8 Å². The van der Waals surface area contributed by atoms with E-state index in [4.69, 9.17) is 0 Å². The lowest BCUT2D eigenvalue weighted by atomic mass is 9.63. The first kappa shape index (κ1) is 42.8. The Labute approximate surface area is 415 Å². The number of nitrogens with zero attached hydrogens (tertiary/aromatic N) is 1. The zero-order chi connectivity index (χ0) is 48.0. The molecule has 4 aliphatic carbocycles. The summed E-state index contributed by atoms with van der Waals surface area (Å²) >= 11 is 0. The molecule has 0 aliphatic heterocycles. The molecular formula is C69H61N. The normalized spacial score (nSPS) is 17.3.